The maximum absolute atomic E-state index is 5.57. The Morgan fingerprint density at radius 1 is 1.32 bits per heavy atom. The Kier molecular flexibility index (Phi) is 5.23. The summed E-state index contributed by atoms with van der Waals surface area (Å²) in [4.78, 5) is 4.01. The quantitative estimate of drug-likeness (QED) is 0.625. The number of hydrogen-bond donors (Lipinski definition) is 1. The Hall–Kier alpha value is -1.53. The third-order valence-corrected chi connectivity index (χ3v) is 3.11. The van der Waals surface area contributed by atoms with Crippen molar-refractivity contribution in [1.29, 1.82) is 0 Å². The number of H-pyrrole nitrogens is 1. The molecule has 2 aromatic heterocycles. The SMILES string of the molecule is CCCCOCCn1c(-c2ccncc2)n[nH]c1=S. The van der Waals surface area contributed by atoms with Crippen LogP contribution in [0.4, 0.5) is 0 Å². The van der Waals surface area contributed by atoms with Gasteiger partial charge in [0.1, 0.15) is 0 Å². The summed E-state index contributed by atoms with van der Waals surface area (Å²) >= 11 is 5.25. The van der Waals surface area contributed by atoms with Crippen LogP contribution in [0.25, 0.3) is 11.4 Å². The van der Waals surface area contributed by atoms with Crippen LogP contribution in [-0.4, -0.2) is 33.0 Å². The van der Waals surface area contributed by atoms with Crippen molar-refractivity contribution < 1.29 is 4.74 Å². The minimum atomic E-state index is 0.617. The van der Waals surface area contributed by atoms with Gasteiger partial charge in [0, 0.05) is 24.6 Å². The van der Waals surface area contributed by atoms with E-state index in [4.69, 9.17) is 17.0 Å². The minimum Gasteiger partial charge on any atom is -0.380 e. The lowest BCUT2D eigenvalue weighted by atomic mass is 10.2. The highest BCUT2D eigenvalue weighted by Gasteiger charge is 2.07. The summed E-state index contributed by atoms with van der Waals surface area (Å²) in [5.74, 6) is 0.825. The van der Waals surface area contributed by atoms with Crippen molar-refractivity contribution >= 4 is 12.2 Å². The van der Waals surface area contributed by atoms with Gasteiger partial charge in [0.25, 0.3) is 0 Å². The second-order valence-electron chi connectivity index (χ2n) is 4.21. The molecule has 19 heavy (non-hydrogen) atoms. The molecule has 0 unspecified atom stereocenters. The van der Waals surface area contributed by atoms with Crippen molar-refractivity contribution in [2.45, 2.75) is 26.3 Å². The number of pyridine rings is 1. The van der Waals surface area contributed by atoms with Crippen LogP contribution in [0.15, 0.2) is 24.5 Å². The number of aromatic nitrogens is 4. The van der Waals surface area contributed by atoms with Crippen LogP contribution in [0.3, 0.4) is 0 Å². The van der Waals surface area contributed by atoms with E-state index in [-0.39, 0.29) is 0 Å². The first-order chi connectivity index (χ1) is 9.33. The normalized spacial score (nSPS) is 10.8. The molecule has 0 aromatic carbocycles. The summed E-state index contributed by atoms with van der Waals surface area (Å²) in [6.07, 6.45) is 5.73. The van der Waals surface area contributed by atoms with E-state index in [9.17, 15) is 0 Å². The second kappa shape index (κ2) is 7.16. The van der Waals surface area contributed by atoms with E-state index in [0.29, 0.717) is 17.9 Å². The molecular weight excluding hydrogens is 260 g/mol. The summed E-state index contributed by atoms with van der Waals surface area (Å²) in [6, 6.07) is 3.83. The van der Waals surface area contributed by atoms with Gasteiger partial charge in [-0.3, -0.25) is 14.6 Å². The highest BCUT2D eigenvalue weighted by molar-refractivity contribution is 7.71. The van der Waals surface area contributed by atoms with E-state index < -0.39 is 0 Å². The average Bonchev–Trinajstić information content (AvgIpc) is 2.81. The molecule has 2 aromatic rings. The summed E-state index contributed by atoms with van der Waals surface area (Å²) in [5.41, 5.74) is 0.996. The zero-order valence-corrected chi connectivity index (χ0v) is 11.8. The Morgan fingerprint density at radius 2 is 2.11 bits per heavy atom. The number of hydrogen-bond acceptors (Lipinski definition) is 4. The number of ether oxygens (including phenoxy) is 1. The summed E-state index contributed by atoms with van der Waals surface area (Å²) < 4.78 is 8.14. The predicted molar refractivity (Wildman–Crippen MR) is 76.4 cm³/mol. The van der Waals surface area contributed by atoms with E-state index in [0.717, 1.165) is 30.8 Å². The van der Waals surface area contributed by atoms with E-state index in [1.165, 1.54) is 0 Å². The van der Waals surface area contributed by atoms with Crippen LogP contribution >= 0.6 is 12.2 Å². The van der Waals surface area contributed by atoms with Gasteiger partial charge in [0.05, 0.1) is 13.2 Å². The van der Waals surface area contributed by atoms with E-state index in [1.54, 1.807) is 12.4 Å². The molecule has 6 heteroatoms. The van der Waals surface area contributed by atoms with Crippen molar-refractivity contribution in [3.63, 3.8) is 0 Å². The van der Waals surface area contributed by atoms with E-state index in [1.807, 2.05) is 16.7 Å². The third kappa shape index (κ3) is 3.71. The summed E-state index contributed by atoms with van der Waals surface area (Å²) in [5, 5.41) is 7.09. The lowest BCUT2D eigenvalue weighted by Crippen LogP contribution is -2.08. The fourth-order valence-electron chi connectivity index (χ4n) is 1.75. The summed E-state index contributed by atoms with van der Waals surface area (Å²) in [6.45, 7) is 4.30. The van der Waals surface area contributed by atoms with Crippen LogP contribution < -0.4 is 0 Å². The van der Waals surface area contributed by atoms with Gasteiger partial charge in [-0.1, -0.05) is 13.3 Å². The molecule has 0 spiro atoms. The molecule has 0 aliphatic heterocycles. The van der Waals surface area contributed by atoms with Crippen molar-refractivity contribution in [1.82, 2.24) is 19.7 Å². The van der Waals surface area contributed by atoms with Gasteiger partial charge in [0.15, 0.2) is 10.6 Å². The highest BCUT2D eigenvalue weighted by Crippen LogP contribution is 2.15. The van der Waals surface area contributed by atoms with Crippen molar-refractivity contribution in [2.75, 3.05) is 13.2 Å². The molecule has 0 radical (unpaired) electrons. The summed E-state index contributed by atoms with van der Waals surface area (Å²) in [7, 11) is 0. The monoisotopic (exact) mass is 278 g/mol. The van der Waals surface area contributed by atoms with Crippen molar-refractivity contribution in [3.05, 3.63) is 29.3 Å². The minimum absolute atomic E-state index is 0.617. The number of nitrogens with zero attached hydrogens (tertiary/aromatic N) is 3. The molecule has 0 aliphatic carbocycles. The van der Waals surface area contributed by atoms with Gasteiger partial charge in [-0.15, -0.1) is 0 Å². The van der Waals surface area contributed by atoms with Gasteiger partial charge in [-0.2, -0.15) is 5.10 Å². The second-order valence-corrected chi connectivity index (χ2v) is 4.59. The highest BCUT2D eigenvalue weighted by atomic mass is 32.1. The molecular formula is C13H18N4OS. The standard InChI is InChI=1S/C13H18N4OS/c1-2-3-9-18-10-8-17-12(15-16-13(17)19)11-4-6-14-7-5-11/h4-7H,2-3,8-10H2,1H3,(H,16,19). The topological polar surface area (TPSA) is 55.7 Å². The molecule has 0 aliphatic rings. The third-order valence-electron chi connectivity index (χ3n) is 2.80. The van der Waals surface area contributed by atoms with Crippen LogP contribution in [0, 0.1) is 4.77 Å². The van der Waals surface area contributed by atoms with Crippen LogP contribution in [0.2, 0.25) is 0 Å². The molecule has 0 saturated carbocycles. The smallest absolute Gasteiger partial charge is 0.195 e. The fraction of sp³-hybridized carbons (Fsp3) is 0.462. The Morgan fingerprint density at radius 3 is 2.84 bits per heavy atom. The molecule has 0 amide bonds. The lowest BCUT2D eigenvalue weighted by molar-refractivity contribution is 0.123. The molecule has 2 heterocycles. The molecule has 5 nitrogen and oxygen atoms in total. The maximum atomic E-state index is 5.57. The lowest BCUT2D eigenvalue weighted by Gasteiger charge is -2.07. The number of nitrogens with one attached hydrogen (secondary N) is 1. The molecule has 2 rings (SSSR count). The zero-order chi connectivity index (χ0) is 13.5. The molecule has 102 valence electrons. The van der Waals surface area contributed by atoms with E-state index >= 15 is 0 Å². The van der Waals surface area contributed by atoms with Gasteiger partial charge >= 0.3 is 0 Å². The largest absolute Gasteiger partial charge is 0.380 e. The Balaban J connectivity index is 2.04. The molecule has 0 saturated heterocycles. The first-order valence-electron chi connectivity index (χ1n) is 6.46. The number of rotatable bonds is 7. The van der Waals surface area contributed by atoms with Crippen molar-refractivity contribution in [3.8, 4) is 11.4 Å². The number of unbranched alkanes of at least 4 members (excludes halogenated alkanes) is 1. The van der Waals surface area contributed by atoms with Gasteiger partial charge < -0.3 is 4.74 Å². The fourth-order valence-corrected chi connectivity index (χ4v) is 1.97. The van der Waals surface area contributed by atoms with Crippen molar-refractivity contribution in [2.24, 2.45) is 0 Å². The van der Waals surface area contributed by atoms with Crippen LogP contribution in [0.5, 0.6) is 0 Å². The molecule has 0 bridgehead atoms. The first-order valence-corrected chi connectivity index (χ1v) is 6.87. The molecule has 0 fully saturated rings. The Bertz CT molecular complexity index is 549. The molecule has 1 N–H and O–H groups in total. The van der Waals surface area contributed by atoms with Gasteiger partial charge in [-0.05, 0) is 30.8 Å². The zero-order valence-electron chi connectivity index (χ0n) is 11.0. The van der Waals surface area contributed by atoms with Crippen LogP contribution in [0.1, 0.15) is 19.8 Å². The average molecular weight is 278 g/mol. The van der Waals surface area contributed by atoms with Gasteiger partial charge in [-0.25, -0.2) is 0 Å². The Labute approximate surface area is 117 Å². The van der Waals surface area contributed by atoms with E-state index in [2.05, 4.69) is 22.1 Å². The predicted octanol–water partition coefficient (Wildman–Crippen LogP) is 2.82. The first kappa shape index (κ1) is 13.9. The number of aromatic amines is 1. The molecule has 0 atom stereocenters. The maximum Gasteiger partial charge on any atom is 0.195 e. The van der Waals surface area contributed by atoms with Gasteiger partial charge in [0.2, 0.25) is 0 Å². The van der Waals surface area contributed by atoms with Crippen LogP contribution in [-0.2, 0) is 11.3 Å².